The Hall–Kier alpha value is -2.88. The lowest BCUT2D eigenvalue weighted by molar-refractivity contribution is 0.101. The molecule has 1 amide bonds. The highest BCUT2D eigenvalue weighted by atomic mass is 16.2. The molecule has 1 aromatic heterocycles. The van der Waals surface area contributed by atoms with Gasteiger partial charge >= 0.3 is 0 Å². The van der Waals surface area contributed by atoms with Gasteiger partial charge in [0.15, 0.2) is 5.69 Å². The first-order chi connectivity index (χ1) is 13.8. The summed E-state index contributed by atoms with van der Waals surface area (Å²) in [6, 6.07) is 18.1. The molecule has 148 valence electrons. The molecule has 5 rings (SSSR count). The summed E-state index contributed by atoms with van der Waals surface area (Å²) in [4.78, 5) is 13.3. The molecule has 29 heavy (non-hydrogen) atoms. The van der Waals surface area contributed by atoms with Crippen LogP contribution in [0.2, 0.25) is 0 Å². The van der Waals surface area contributed by atoms with Crippen molar-refractivity contribution in [1.82, 2.24) is 9.78 Å². The van der Waals surface area contributed by atoms with E-state index >= 15 is 0 Å². The van der Waals surface area contributed by atoms with Crippen LogP contribution in [0.5, 0.6) is 0 Å². The van der Waals surface area contributed by atoms with Crippen LogP contribution in [-0.2, 0) is 5.41 Å². The Morgan fingerprint density at radius 3 is 2.45 bits per heavy atom. The van der Waals surface area contributed by atoms with Crippen LogP contribution in [0, 0.1) is 12.3 Å². The number of hydrogen-bond donors (Lipinski definition) is 1. The topological polar surface area (TPSA) is 46.9 Å². The van der Waals surface area contributed by atoms with Crippen LogP contribution < -0.4 is 5.32 Å². The number of anilines is 1. The second kappa shape index (κ2) is 6.06. The van der Waals surface area contributed by atoms with Gasteiger partial charge < -0.3 is 5.32 Å². The average molecular weight is 386 g/mol. The normalized spacial score (nSPS) is 23.8. The SMILES string of the molecule is Cc1ccc(NC(=O)c2nn(-c3ccccc3)c3c2C2CCC3(C)C2(C)C)cc1. The van der Waals surface area contributed by atoms with Gasteiger partial charge in [0.1, 0.15) is 0 Å². The second-order valence-corrected chi connectivity index (χ2v) is 9.32. The van der Waals surface area contributed by atoms with Crippen molar-refractivity contribution in [3.05, 3.63) is 77.1 Å². The monoisotopic (exact) mass is 385 g/mol. The van der Waals surface area contributed by atoms with Crippen LogP contribution in [0.15, 0.2) is 54.6 Å². The number of aromatic nitrogens is 2. The van der Waals surface area contributed by atoms with Crippen LogP contribution in [-0.4, -0.2) is 15.7 Å². The molecule has 0 aliphatic heterocycles. The third-order valence-corrected chi connectivity index (χ3v) is 7.54. The highest BCUT2D eigenvalue weighted by molar-refractivity contribution is 6.04. The molecule has 2 aliphatic carbocycles. The minimum atomic E-state index is -0.119. The molecule has 0 spiro atoms. The number of hydrogen-bond acceptors (Lipinski definition) is 2. The molecule has 4 nitrogen and oxygen atoms in total. The molecule has 2 aromatic carbocycles. The Bertz CT molecular complexity index is 1100. The molecule has 3 aromatic rings. The quantitative estimate of drug-likeness (QED) is 0.637. The molecule has 2 unspecified atom stereocenters. The van der Waals surface area contributed by atoms with Gasteiger partial charge in [0.05, 0.1) is 11.4 Å². The van der Waals surface area contributed by atoms with Crippen molar-refractivity contribution in [2.75, 3.05) is 5.32 Å². The summed E-state index contributed by atoms with van der Waals surface area (Å²) in [6.45, 7) is 9.09. The molecule has 2 atom stereocenters. The van der Waals surface area contributed by atoms with Gasteiger partial charge in [-0.25, -0.2) is 4.68 Å². The lowest BCUT2D eigenvalue weighted by atomic mass is 9.70. The number of benzene rings is 2. The van der Waals surface area contributed by atoms with Gasteiger partial charge in [0, 0.05) is 16.7 Å². The molecule has 1 fully saturated rings. The maximum absolute atomic E-state index is 13.3. The minimum Gasteiger partial charge on any atom is -0.321 e. The van der Waals surface area contributed by atoms with Crippen molar-refractivity contribution in [2.45, 2.75) is 51.9 Å². The van der Waals surface area contributed by atoms with E-state index in [0.717, 1.165) is 29.8 Å². The van der Waals surface area contributed by atoms with Crippen LogP contribution >= 0.6 is 0 Å². The van der Waals surface area contributed by atoms with E-state index < -0.39 is 0 Å². The molecule has 4 heteroatoms. The molecular formula is C25H27N3O. The number of amides is 1. The number of carbonyl (C=O) groups excluding carboxylic acids is 1. The van der Waals surface area contributed by atoms with Crippen LogP contribution in [0.3, 0.4) is 0 Å². The molecule has 2 aliphatic rings. The molecule has 0 saturated heterocycles. The summed E-state index contributed by atoms with van der Waals surface area (Å²) < 4.78 is 2.03. The van der Waals surface area contributed by atoms with Crippen molar-refractivity contribution in [1.29, 1.82) is 0 Å². The molecule has 2 bridgehead atoms. The Morgan fingerprint density at radius 2 is 1.76 bits per heavy atom. The Labute approximate surface area is 172 Å². The van der Waals surface area contributed by atoms with Crippen molar-refractivity contribution in [3.8, 4) is 5.69 Å². The van der Waals surface area contributed by atoms with Gasteiger partial charge in [-0.15, -0.1) is 0 Å². The maximum atomic E-state index is 13.3. The number of nitrogens with zero attached hydrogens (tertiary/aromatic N) is 2. The van der Waals surface area contributed by atoms with Crippen molar-refractivity contribution >= 4 is 11.6 Å². The third kappa shape index (κ3) is 2.44. The van der Waals surface area contributed by atoms with Gasteiger partial charge in [-0.2, -0.15) is 5.10 Å². The largest absolute Gasteiger partial charge is 0.321 e. The second-order valence-electron chi connectivity index (χ2n) is 9.32. The number of carbonyl (C=O) groups is 1. The number of para-hydroxylation sites is 1. The zero-order valence-corrected chi connectivity index (χ0v) is 17.5. The highest BCUT2D eigenvalue weighted by Crippen LogP contribution is 2.68. The van der Waals surface area contributed by atoms with E-state index in [1.54, 1.807) is 0 Å². The highest BCUT2D eigenvalue weighted by Gasteiger charge is 2.63. The van der Waals surface area contributed by atoms with E-state index in [-0.39, 0.29) is 16.7 Å². The van der Waals surface area contributed by atoms with Gasteiger partial charge in [0.2, 0.25) is 0 Å². The predicted octanol–water partition coefficient (Wildman–Crippen LogP) is 5.61. The first-order valence-corrected chi connectivity index (χ1v) is 10.4. The molecule has 0 radical (unpaired) electrons. The number of nitrogens with one attached hydrogen (secondary N) is 1. The fourth-order valence-electron chi connectivity index (χ4n) is 5.47. The van der Waals surface area contributed by atoms with Gasteiger partial charge in [-0.3, -0.25) is 4.79 Å². The molecule has 1 heterocycles. The van der Waals surface area contributed by atoms with E-state index in [1.807, 2.05) is 54.1 Å². The van der Waals surface area contributed by atoms with E-state index in [9.17, 15) is 4.79 Å². The summed E-state index contributed by atoms with van der Waals surface area (Å²) in [5, 5.41) is 7.94. The fourth-order valence-corrected chi connectivity index (χ4v) is 5.47. The lowest BCUT2D eigenvalue weighted by Gasteiger charge is -2.35. The predicted molar refractivity (Wildman–Crippen MR) is 116 cm³/mol. The summed E-state index contributed by atoms with van der Waals surface area (Å²) in [5.41, 5.74) is 6.06. The molecular weight excluding hydrogens is 358 g/mol. The minimum absolute atomic E-state index is 0.0121. The lowest BCUT2D eigenvalue weighted by Crippen LogP contribution is -2.33. The van der Waals surface area contributed by atoms with Crippen molar-refractivity contribution < 1.29 is 4.79 Å². The van der Waals surface area contributed by atoms with E-state index in [0.29, 0.717) is 11.6 Å². The maximum Gasteiger partial charge on any atom is 0.276 e. The first-order valence-electron chi connectivity index (χ1n) is 10.4. The van der Waals surface area contributed by atoms with Crippen LogP contribution in [0.25, 0.3) is 5.69 Å². The number of fused-ring (bicyclic) bond motifs is 5. The van der Waals surface area contributed by atoms with E-state index in [1.165, 1.54) is 11.3 Å². The Morgan fingerprint density at radius 1 is 1.07 bits per heavy atom. The summed E-state index contributed by atoms with van der Waals surface area (Å²) in [6.07, 6.45) is 2.25. The van der Waals surface area contributed by atoms with Gasteiger partial charge in [0.25, 0.3) is 5.91 Å². The van der Waals surface area contributed by atoms with Gasteiger partial charge in [-0.1, -0.05) is 56.7 Å². The standard InChI is InChI=1S/C25H27N3O/c1-16-10-12-17(13-11-16)26-23(29)21-20-19-14-15-25(4,24(19,2)3)22(20)28(27-21)18-8-6-5-7-9-18/h5-13,19H,14-15H2,1-4H3,(H,26,29). The van der Waals surface area contributed by atoms with Crippen LogP contribution in [0.1, 0.15) is 66.8 Å². The Balaban J connectivity index is 1.65. The Kier molecular flexibility index (Phi) is 3.79. The molecule has 1 N–H and O–H groups in total. The van der Waals surface area contributed by atoms with E-state index in [2.05, 4.69) is 38.2 Å². The average Bonchev–Trinajstić information content (AvgIpc) is 3.27. The first kappa shape index (κ1) is 18.2. The third-order valence-electron chi connectivity index (χ3n) is 7.54. The van der Waals surface area contributed by atoms with E-state index in [4.69, 9.17) is 5.10 Å². The van der Waals surface area contributed by atoms with Crippen molar-refractivity contribution in [2.24, 2.45) is 5.41 Å². The van der Waals surface area contributed by atoms with Crippen molar-refractivity contribution in [3.63, 3.8) is 0 Å². The summed E-state index contributed by atoms with van der Waals surface area (Å²) in [5.74, 6) is 0.241. The van der Waals surface area contributed by atoms with Crippen LogP contribution in [0.4, 0.5) is 5.69 Å². The zero-order valence-electron chi connectivity index (χ0n) is 17.5. The zero-order chi connectivity index (χ0) is 20.4. The number of aryl methyl sites for hydroxylation is 1. The molecule has 1 saturated carbocycles. The summed E-state index contributed by atoms with van der Waals surface area (Å²) >= 11 is 0. The fraction of sp³-hybridized carbons (Fsp3) is 0.360. The van der Waals surface area contributed by atoms with Gasteiger partial charge in [-0.05, 0) is 55.4 Å². The number of rotatable bonds is 3. The smallest absolute Gasteiger partial charge is 0.276 e. The summed E-state index contributed by atoms with van der Waals surface area (Å²) in [7, 11) is 0.